The van der Waals surface area contributed by atoms with Gasteiger partial charge in [-0.3, -0.25) is 15.5 Å². The molecule has 36 heavy (non-hydrogen) atoms. The van der Waals surface area contributed by atoms with Crippen LogP contribution in [0.5, 0.6) is 0 Å². The predicted octanol–water partition coefficient (Wildman–Crippen LogP) is 3.17. The van der Waals surface area contributed by atoms with Crippen LogP contribution < -0.4 is 27.2 Å². The zero-order valence-electron chi connectivity index (χ0n) is 20.0. The van der Waals surface area contributed by atoms with Crippen LogP contribution >= 0.6 is 0 Å². The van der Waals surface area contributed by atoms with Gasteiger partial charge in [0.05, 0.1) is 5.56 Å². The van der Waals surface area contributed by atoms with Gasteiger partial charge < -0.3 is 21.4 Å². The summed E-state index contributed by atoms with van der Waals surface area (Å²) >= 11 is 0. The average Bonchev–Trinajstić information content (AvgIpc) is 2.83. The minimum atomic E-state index is -0.589. The van der Waals surface area contributed by atoms with Crippen LogP contribution in [0.4, 0.5) is 19.1 Å². The Labute approximate surface area is 207 Å². The Morgan fingerprint density at radius 3 is 2.56 bits per heavy atom. The number of nitrogens with two attached hydrogens (primary N) is 1. The van der Waals surface area contributed by atoms with E-state index < -0.39 is 23.0 Å². The lowest BCUT2D eigenvalue weighted by atomic mass is 10.1. The summed E-state index contributed by atoms with van der Waals surface area (Å²) in [5, 5.41) is 16.5. The Bertz CT molecular complexity index is 1260. The van der Waals surface area contributed by atoms with Crippen molar-refractivity contribution in [2.45, 2.75) is 32.7 Å². The van der Waals surface area contributed by atoms with Crippen LogP contribution in [0, 0.1) is 29.8 Å². The molecule has 192 valence electrons. The minimum Gasteiger partial charge on any atom is -0.356 e. The number of guanidine groups is 1. The highest BCUT2D eigenvalue weighted by Crippen LogP contribution is 2.19. The molecule has 0 aliphatic heterocycles. The fourth-order valence-electron chi connectivity index (χ4n) is 3.51. The van der Waals surface area contributed by atoms with E-state index in [-0.39, 0.29) is 28.6 Å². The molecular weight excluding hydrogens is 471 g/mol. The van der Waals surface area contributed by atoms with Gasteiger partial charge in [0.25, 0.3) is 5.56 Å². The number of aromatic amines is 1. The molecule has 2 aromatic carbocycles. The Morgan fingerprint density at radius 1 is 1.06 bits per heavy atom. The van der Waals surface area contributed by atoms with Gasteiger partial charge >= 0.3 is 0 Å². The van der Waals surface area contributed by atoms with Crippen molar-refractivity contribution in [1.82, 2.24) is 20.6 Å². The summed E-state index contributed by atoms with van der Waals surface area (Å²) in [4.78, 5) is 19.1. The van der Waals surface area contributed by atoms with E-state index in [1.54, 1.807) is 12.1 Å². The molecule has 0 bridgehead atoms. The zero-order chi connectivity index (χ0) is 26.1. The van der Waals surface area contributed by atoms with Crippen molar-refractivity contribution < 1.29 is 13.2 Å². The van der Waals surface area contributed by atoms with Crippen LogP contribution in [0.2, 0.25) is 0 Å². The third-order valence-corrected chi connectivity index (χ3v) is 5.53. The molecule has 1 heterocycles. The molecule has 0 radical (unpaired) electrons. The molecule has 0 saturated heterocycles. The van der Waals surface area contributed by atoms with Gasteiger partial charge in [-0.15, -0.1) is 0 Å². The highest BCUT2D eigenvalue weighted by Gasteiger charge is 2.11. The summed E-state index contributed by atoms with van der Waals surface area (Å²) in [6.07, 6.45) is 2.94. The number of aryl methyl sites for hydroxylation is 2. The lowest BCUT2D eigenvalue weighted by Gasteiger charge is -2.11. The van der Waals surface area contributed by atoms with Crippen molar-refractivity contribution in [3.63, 3.8) is 0 Å². The molecule has 1 aromatic heterocycles. The van der Waals surface area contributed by atoms with Crippen LogP contribution in [0.15, 0.2) is 41.3 Å². The number of nitrogens with one attached hydrogen (secondary N) is 5. The summed E-state index contributed by atoms with van der Waals surface area (Å²) in [6, 6.07) is 6.89. The Morgan fingerprint density at radius 2 is 1.83 bits per heavy atom. The van der Waals surface area contributed by atoms with Gasteiger partial charge in [0.1, 0.15) is 17.5 Å². The first-order chi connectivity index (χ1) is 17.3. The van der Waals surface area contributed by atoms with E-state index in [2.05, 4.69) is 25.9 Å². The van der Waals surface area contributed by atoms with Crippen molar-refractivity contribution in [1.29, 1.82) is 5.41 Å². The average molecular weight is 502 g/mol. The first kappa shape index (κ1) is 26.9. The van der Waals surface area contributed by atoms with Crippen LogP contribution in [-0.4, -0.2) is 35.6 Å². The minimum absolute atomic E-state index is 0.0362. The number of benzene rings is 2. The molecule has 0 spiro atoms. The molecule has 0 atom stereocenters. The van der Waals surface area contributed by atoms with Crippen molar-refractivity contribution in [3.05, 3.63) is 81.0 Å². The van der Waals surface area contributed by atoms with E-state index in [0.717, 1.165) is 12.5 Å². The number of hydrogen-bond donors (Lipinski definition) is 6. The van der Waals surface area contributed by atoms with Gasteiger partial charge in [0, 0.05) is 24.8 Å². The van der Waals surface area contributed by atoms with Gasteiger partial charge in [0.15, 0.2) is 5.96 Å². The number of halogens is 3. The maximum absolute atomic E-state index is 14.5. The fourth-order valence-corrected chi connectivity index (χ4v) is 3.51. The number of anilines is 1. The highest BCUT2D eigenvalue weighted by atomic mass is 19.1. The van der Waals surface area contributed by atoms with Crippen molar-refractivity contribution in [3.8, 4) is 11.1 Å². The van der Waals surface area contributed by atoms with Gasteiger partial charge in [0.2, 0.25) is 5.95 Å². The van der Waals surface area contributed by atoms with E-state index in [4.69, 9.17) is 11.1 Å². The third kappa shape index (κ3) is 7.40. The third-order valence-electron chi connectivity index (χ3n) is 5.53. The van der Waals surface area contributed by atoms with E-state index >= 15 is 0 Å². The number of nitrogens with zero attached hydrogens (tertiary/aromatic N) is 1. The molecule has 0 unspecified atom stereocenters. The lowest BCUT2D eigenvalue weighted by molar-refractivity contribution is 0.574. The molecule has 0 amide bonds. The fraction of sp³-hybridized carbons (Fsp3) is 0.320. The maximum atomic E-state index is 14.5. The molecular formula is C25H30F3N7O. The molecule has 11 heteroatoms. The standard InChI is InChI=1S/C25H30F3N7O/c1-15-10-21(27)17(12-20(15)26)4-2-9-32-24(30)35-25-33-14-19(23(36)34-25)16-5-6-18(22(28)11-16)13-31-8-3-7-29/h5-6,10-12,14,31H,2-4,7-9,13,29H2,1H3,(H4,30,32,33,34,35,36). The number of hydrogen-bond acceptors (Lipinski definition) is 5. The Hall–Kier alpha value is -3.70. The maximum Gasteiger partial charge on any atom is 0.282 e. The second kappa shape index (κ2) is 12.8. The van der Waals surface area contributed by atoms with Gasteiger partial charge in [-0.1, -0.05) is 12.1 Å². The molecule has 8 nitrogen and oxygen atoms in total. The molecule has 3 aromatic rings. The van der Waals surface area contributed by atoms with E-state index in [1.165, 1.54) is 25.3 Å². The summed E-state index contributed by atoms with van der Waals surface area (Å²) in [5.41, 5.74) is 6.42. The van der Waals surface area contributed by atoms with Gasteiger partial charge in [-0.25, -0.2) is 13.2 Å². The summed E-state index contributed by atoms with van der Waals surface area (Å²) in [5.74, 6) is -1.44. The van der Waals surface area contributed by atoms with Gasteiger partial charge in [-0.05, 0) is 74.2 Å². The monoisotopic (exact) mass is 501 g/mol. The second-order valence-electron chi connectivity index (χ2n) is 8.32. The van der Waals surface area contributed by atoms with E-state index in [0.29, 0.717) is 50.1 Å². The van der Waals surface area contributed by atoms with Crippen molar-refractivity contribution in [2.24, 2.45) is 5.73 Å². The SMILES string of the molecule is Cc1cc(F)c(CCCNC(=N)Nc2nc(=O)c(-c3ccc(CNCCCN)c(F)c3)c[nH]2)cc1F. The molecule has 0 aliphatic carbocycles. The summed E-state index contributed by atoms with van der Waals surface area (Å²) < 4.78 is 42.0. The first-order valence-corrected chi connectivity index (χ1v) is 11.6. The quantitative estimate of drug-likeness (QED) is 0.136. The highest BCUT2D eigenvalue weighted by molar-refractivity contribution is 5.89. The number of aromatic nitrogens is 2. The summed E-state index contributed by atoms with van der Waals surface area (Å²) in [7, 11) is 0. The predicted molar refractivity (Wildman–Crippen MR) is 134 cm³/mol. The number of rotatable bonds is 11. The molecule has 7 N–H and O–H groups in total. The molecule has 3 rings (SSSR count). The van der Waals surface area contributed by atoms with Crippen molar-refractivity contribution in [2.75, 3.05) is 25.0 Å². The molecule has 0 aliphatic rings. The zero-order valence-corrected chi connectivity index (χ0v) is 20.0. The topological polar surface area (TPSA) is 132 Å². The molecule has 0 fully saturated rings. The number of H-pyrrole nitrogens is 1. The normalized spacial score (nSPS) is 10.9. The second-order valence-corrected chi connectivity index (χ2v) is 8.32. The van der Waals surface area contributed by atoms with Crippen LogP contribution in [-0.2, 0) is 13.0 Å². The molecule has 0 saturated carbocycles. The smallest absolute Gasteiger partial charge is 0.282 e. The summed E-state index contributed by atoms with van der Waals surface area (Å²) in [6.45, 7) is 3.42. The van der Waals surface area contributed by atoms with Gasteiger partial charge in [-0.2, -0.15) is 4.98 Å². The Kier molecular flexibility index (Phi) is 9.60. The van der Waals surface area contributed by atoms with Crippen molar-refractivity contribution >= 4 is 11.9 Å². The first-order valence-electron chi connectivity index (χ1n) is 11.6. The van der Waals surface area contributed by atoms with Crippen LogP contribution in [0.3, 0.4) is 0 Å². The Balaban J connectivity index is 1.52. The van der Waals surface area contributed by atoms with Crippen LogP contribution in [0.1, 0.15) is 29.5 Å². The largest absolute Gasteiger partial charge is 0.356 e. The van der Waals surface area contributed by atoms with E-state index in [9.17, 15) is 18.0 Å². The lowest BCUT2D eigenvalue weighted by Crippen LogP contribution is -2.32. The van der Waals surface area contributed by atoms with E-state index in [1.807, 2.05) is 0 Å². The van der Waals surface area contributed by atoms with Crippen LogP contribution in [0.25, 0.3) is 11.1 Å².